The fourth-order valence-corrected chi connectivity index (χ4v) is 2.69. The summed E-state index contributed by atoms with van der Waals surface area (Å²) in [6, 6.07) is 11.4. The number of rotatable bonds is 7. The summed E-state index contributed by atoms with van der Waals surface area (Å²) in [4.78, 5) is 16.2. The molecule has 0 atom stereocenters. The second-order valence-electron chi connectivity index (χ2n) is 6.25. The SMILES string of the molecule is Cc1cc(C)cc(OCCNC(=O)NCc2ccnc(-n3cccn3)c2)c1. The minimum Gasteiger partial charge on any atom is -0.492 e. The molecule has 0 saturated heterocycles. The molecule has 140 valence electrons. The lowest BCUT2D eigenvalue weighted by atomic mass is 10.1. The molecule has 2 aromatic heterocycles. The van der Waals surface area contributed by atoms with Gasteiger partial charge in [-0.3, -0.25) is 0 Å². The lowest BCUT2D eigenvalue weighted by Gasteiger charge is -2.10. The molecule has 0 aliphatic heterocycles. The van der Waals surface area contributed by atoms with Crippen molar-refractivity contribution in [1.29, 1.82) is 0 Å². The van der Waals surface area contributed by atoms with E-state index in [2.05, 4.69) is 26.8 Å². The summed E-state index contributed by atoms with van der Waals surface area (Å²) in [6.07, 6.45) is 5.21. The molecule has 7 nitrogen and oxygen atoms in total. The smallest absolute Gasteiger partial charge is 0.315 e. The Morgan fingerprint density at radius 1 is 1.11 bits per heavy atom. The number of carbonyl (C=O) groups excluding carboxylic acids is 1. The molecule has 7 heteroatoms. The highest BCUT2D eigenvalue weighted by Gasteiger charge is 2.03. The number of carbonyl (C=O) groups is 1. The van der Waals surface area contributed by atoms with Crippen molar-refractivity contribution in [2.75, 3.05) is 13.2 Å². The number of nitrogens with zero attached hydrogens (tertiary/aromatic N) is 3. The average molecular weight is 365 g/mol. The van der Waals surface area contributed by atoms with Crippen LogP contribution in [0.2, 0.25) is 0 Å². The predicted octanol–water partition coefficient (Wildman–Crippen LogP) is 2.76. The number of aromatic nitrogens is 3. The lowest BCUT2D eigenvalue weighted by molar-refractivity contribution is 0.236. The molecule has 3 aromatic rings. The summed E-state index contributed by atoms with van der Waals surface area (Å²) in [5, 5.41) is 9.76. The van der Waals surface area contributed by atoms with E-state index in [-0.39, 0.29) is 6.03 Å². The Morgan fingerprint density at radius 3 is 2.67 bits per heavy atom. The Bertz CT molecular complexity index is 873. The number of hydrogen-bond donors (Lipinski definition) is 2. The molecule has 1 aromatic carbocycles. The highest BCUT2D eigenvalue weighted by molar-refractivity contribution is 5.73. The number of aryl methyl sites for hydroxylation is 2. The van der Waals surface area contributed by atoms with Gasteiger partial charge >= 0.3 is 6.03 Å². The highest BCUT2D eigenvalue weighted by atomic mass is 16.5. The van der Waals surface area contributed by atoms with Crippen molar-refractivity contribution in [3.05, 3.63) is 71.7 Å². The van der Waals surface area contributed by atoms with E-state index >= 15 is 0 Å². The van der Waals surface area contributed by atoms with Crippen LogP contribution in [0.25, 0.3) is 5.82 Å². The normalized spacial score (nSPS) is 10.4. The van der Waals surface area contributed by atoms with E-state index in [0.717, 1.165) is 22.4 Å². The minimum atomic E-state index is -0.239. The Labute approximate surface area is 158 Å². The largest absolute Gasteiger partial charge is 0.492 e. The van der Waals surface area contributed by atoms with Gasteiger partial charge in [-0.2, -0.15) is 5.10 Å². The van der Waals surface area contributed by atoms with Crippen molar-refractivity contribution in [2.45, 2.75) is 20.4 Å². The molecule has 0 aliphatic carbocycles. The quantitative estimate of drug-likeness (QED) is 0.631. The van der Waals surface area contributed by atoms with Crippen LogP contribution in [0.5, 0.6) is 5.75 Å². The van der Waals surface area contributed by atoms with Gasteiger partial charge in [0.25, 0.3) is 0 Å². The zero-order chi connectivity index (χ0) is 19.1. The third-order valence-corrected chi connectivity index (χ3v) is 3.85. The topological polar surface area (TPSA) is 81.1 Å². The first-order valence-corrected chi connectivity index (χ1v) is 8.78. The van der Waals surface area contributed by atoms with E-state index in [0.29, 0.717) is 25.5 Å². The zero-order valence-electron chi connectivity index (χ0n) is 15.5. The fraction of sp³-hybridized carbons (Fsp3) is 0.250. The Morgan fingerprint density at radius 2 is 1.93 bits per heavy atom. The third kappa shape index (κ3) is 5.57. The van der Waals surface area contributed by atoms with Gasteiger partial charge in [0.1, 0.15) is 12.4 Å². The van der Waals surface area contributed by atoms with Gasteiger partial charge in [-0.1, -0.05) is 6.07 Å². The molecular formula is C20H23N5O2. The summed E-state index contributed by atoms with van der Waals surface area (Å²) < 4.78 is 7.35. The van der Waals surface area contributed by atoms with Crippen molar-refractivity contribution in [3.63, 3.8) is 0 Å². The average Bonchev–Trinajstić information content (AvgIpc) is 3.18. The first-order valence-electron chi connectivity index (χ1n) is 8.78. The number of ether oxygens (including phenoxy) is 1. The number of amides is 2. The number of hydrogen-bond acceptors (Lipinski definition) is 4. The summed E-state index contributed by atoms with van der Waals surface area (Å²) in [7, 11) is 0. The van der Waals surface area contributed by atoms with E-state index in [1.807, 2.05) is 50.4 Å². The summed E-state index contributed by atoms with van der Waals surface area (Å²) in [5.74, 6) is 1.53. The Kier molecular flexibility index (Phi) is 6.04. The Hall–Kier alpha value is -3.35. The molecule has 0 bridgehead atoms. The van der Waals surface area contributed by atoms with Gasteiger partial charge in [-0.15, -0.1) is 0 Å². The molecule has 2 amide bonds. The van der Waals surface area contributed by atoms with Crippen molar-refractivity contribution in [3.8, 4) is 11.6 Å². The fourth-order valence-electron chi connectivity index (χ4n) is 2.69. The van der Waals surface area contributed by atoms with Crippen LogP contribution >= 0.6 is 0 Å². The maximum absolute atomic E-state index is 11.9. The number of nitrogens with one attached hydrogen (secondary N) is 2. The first-order chi connectivity index (χ1) is 13.1. The first kappa shape index (κ1) is 18.4. The number of benzene rings is 1. The standard InChI is InChI=1S/C20H23N5O2/c1-15-10-16(2)12-18(11-15)27-9-7-22-20(26)23-14-17-4-6-21-19(13-17)25-8-3-5-24-25/h3-6,8,10-13H,7,9,14H2,1-2H3,(H2,22,23,26). The van der Waals surface area contributed by atoms with Crippen LogP contribution in [0.3, 0.4) is 0 Å². The maximum Gasteiger partial charge on any atom is 0.315 e. The number of urea groups is 1. The van der Waals surface area contributed by atoms with E-state index in [1.54, 1.807) is 17.1 Å². The van der Waals surface area contributed by atoms with Crippen LogP contribution in [0.1, 0.15) is 16.7 Å². The van der Waals surface area contributed by atoms with Crippen molar-refractivity contribution in [2.24, 2.45) is 0 Å². The number of pyridine rings is 1. The van der Waals surface area contributed by atoms with Crippen LogP contribution < -0.4 is 15.4 Å². The zero-order valence-corrected chi connectivity index (χ0v) is 15.5. The van der Waals surface area contributed by atoms with Gasteiger partial charge in [-0.05, 0) is 60.9 Å². The maximum atomic E-state index is 11.9. The summed E-state index contributed by atoms with van der Waals surface area (Å²) in [5.41, 5.74) is 3.25. The van der Waals surface area contributed by atoms with Gasteiger partial charge in [0, 0.05) is 25.1 Å². The van der Waals surface area contributed by atoms with E-state index in [4.69, 9.17) is 4.74 Å². The highest BCUT2D eigenvalue weighted by Crippen LogP contribution is 2.15. The van der Waals surface area contributed by atoms with Gasteiger partial charge in [0.2, 0.25) is 0 Å². The molecule has 0 radical (unpaired) electrons. The third-order valence-electron chi connectivity index (χ3n) is 3.85. The molecule has 0 unspecified atom stereocenters. The molecule has 27 heavy (non-hydrogen) atoms. The molecule has 3 rings (SSSR count). The molecule has 2 heterocycles. The van der Waals surface area contributed by atoms with Gasteiger partial charge in [0.15, 0.2) is 5.82 Å². The van der Waals surface area contributed by atoms with Gasteiger partial charge < -0.3 is 15.4 Å². The monoisotopic (exact) mass is 365 g/mol. The molecular weight excluding hydrogens is 342 g/mol. The molecule has 0 aliphatic rings. The van der Waals surface area contributed by atoms with Gasteiger partial charge in [0.05, 0.1) is 6.54 Å². The van der Waals surface area contributed by atoms with Gasteiger partial charge in [-0.25, -0.2) is 14.5 Å². The lowest BCUT2D eigenvalue weighted by Crippen LogP contribution is -2.37. The van der Waals surface area contributed by atoms with E-state index in [9.17, 15) is 4.79 Å². The van der Waals surface area contributed by atoms with E-state index < -0.39 is 0 Å². The molecule has 0 spiro atoms. The molecule has 0 saturated carbocycles. The van der Waals surface area contributed by atoms with E-state index in [1.165, 1.54) is 0 Å². The van der Waals surface area contributed by atoms with Crippen LogP contribution in [0, 0.1) is 13.8 Å². The van der Waals surface area contributed by atoms with Crippen LogP contribution in [-0.4, -0.2) is 33.9 Å². The van der Waals surface area contributed by atoms with Crippen LogP contribution in [0.4, 0.5) is 4.79 Å². The van der Waals surface area contributed by atoms with Crippen molar-refractivity contribution >= 4 is 6.03 Å². The van der Waals surface area contributed by atoms with Crippen molar-refractivity contribution < 1.29 is 9.53 Å². The molecule has 0 fully saturated rings. The van der Waals surface area contributed by atoms with Crippen LogP contribution in [0.15, 0.2) is 55.0 Å². The summed E-state index contributed by atoms with van der Waals surface area (Å²) in [6.45, 7) is 5.30. The van der Waals surface area contributed by atoms with Crippen molar-refractivity contribution in [1.82, 2.24) is 25.4 Å². The van der Waals surface area contributed by atoms with Crippen LogP contribution in [-0.2, 0) is 6.54 Å². The second kappa shape index (κ2) is 8.84. The second-order valence-corrected chi connectivity index (χ2v) is 6.25. The molecule has 2 N–H and O–H groups in total. The predicted molar refractivity (Wildman–Crippen MR) is 103 cm³/mol. The minimum absolute atomic E-state index is 0.239. The summed E-state index contributed by atoms with van der Waals surface area (Å²) >= 11 is 0. The Balaban J connectivity index is 1.40.